The third-order valence-electron chi connectivity index (χ3n) is 0.985. The molecule has 1 nitrogen and oxygen atoms in total. The van der Waals surface area contributed by atoms with Gasteiger partial charge in [-0.3, -0.25) is 0 Å². The average molecular weight is 106 g/mol. The predicted molar refractivity (Wildman–Crippen MR) is 32.1 cm³/mol. The molecule has 0 unspecified atom stereocenters. The van der Waals surface area contributed by atoms with Gasteiger partial charge in [0.2, 0.25) is 0 Å². The van der Waals surface area contributed by atoms with Gasteiger partial charge in [0, 0.05) is 0 Å². The quantitative estimate of drug-likeness (QED) is 0.425. The van der Waals surface area contributed by atoms with Crippen molar-refractivity contribution in [2.75, 3.05) is 0 Å². The molecule has 1 aliphatic rings. The molecule has 40 valence electrons. The third-order valence-corrected chi connectivity index (χ3v) is 0.985. The van der Waals surface area contributed by atoms with Crippen LogP contribution < -0.4 is 0 Å². The van der Waals surface area contributed by atoms with E-state index < -0.39 is 0 Å². The van der Waals surface area contributed by atoms with Gasteiger partial charge in [0.15, 0.2) is 0 Å². The van der Waals surface area contributed by atoms with Gasteiger partial charge in [-0.05, 0) is 18.6 Å². The second kappa shape index (κ2) is 2.29. The second-order valence-corrected chi connectivity index (χ2v) is 1.60. The standard InChI is InChI=1S/C7H6O/c8-6-7-4-2-1-3-5-7/h2-5H,1H2. The van der Waals surface area contributed by atoms with E-state index in [4.69, 9.17) is 0 Å². The number of carbonyl (C=O) groups excluding carboxylic acids is 1. The van der Waals surface area contributed by atoms with Crippen molar-refractivity contribution in [1.29, 1.82) is 0 Å². The monoisotopic (exact) mass is 106 g/mol. The Morgan fingerprint density at radius 3 is 2.38 bits per heavy atom. The molecule has 0 heterocycles. The van der Waals surface area contributed by atoms with Gasteiger partial charge >= 0.3 is 0 Å². The number of rotatable bonds is 0. The molecule has 1 aliphatic carbocycles. The second-order valence-electron chi connectivity index (χ2n) is 1.60. The Labute approximate surface area is 48.0 Å². The van der Waals surface area contributed by atoms with Crippen LogP contribution in [0.4, 0.5) is 0 Å². The number of allylic oxidation sites excluding steroid dienone is 5. The fourth-order valence-corrected chi connectivity index (χ4v) is 0.592. The first-order valence-electron chi connectivity index (χ1n) is 2.51. The van der Waals surface area contributed by atoms with Crippen molar-refractivity contribution < 1.29 is 4.79 Å². The van der Waals surface area contributed by atoms with Crippen LogP contribution in [0.3, 0.4) is 0 Å². The van der Waals surface area contributed by atoms with Gasteiger partial charge < -0.3 is 0 Å². The van der Waals surface area contributed by atoms with E-state index in [9.17, 15) is 4.79 Å². The van der Waals surface area contributed by atoms with Crippen LogP contribution in [-0.4, -0.2) is 5.94 Å². The summed E-state index contributed by atoms with van der Waals surface area (Å²) >= 11 is 0. The van der Waals surface area contributed by atoms with Gasteiger partial charge in [-0.25, -0.2) is 4.79 Å². The van der Waals surface area contributed by atoms with Crippen LogP contribution in [0.25, 0.3) is 0 Å². The van der Waals surface area contributed by atoms with Gasteiger partial charge in [-0.1, -0.05) is 12.2 Å². The van der Waals surface area contributed by atoms with Gasteiger partial charge in [0.05, 0.1) is 5.57 Å². The van der Waals surface area contributed by atoms with Crippen LogP contribution in [0.1, 0.15) is 6.42 Å². The van der Waals surface area contributed by atoms with Gasteiger partial charge in [0.1, 0.15) is 5.94 Å². The maximum absolute atomic E-state index is 9.90. The molecule has 1 heteroatoms. The van der Waals surface area contributed by atoms with E-state index >= 15 is 0 Å². The average Bonchev–Trinajstić information content (AvgIpc) is 1.90. The zero-order valence-electron chi connectivity index (χ0n) is 4.42. The molecule has 8 heavy (non-hydrogen) atoms. The van der Waals surface area contributed by atoms with E-state index in [1.54, 1.807) is 18.1 Å². The van der Waals surface area contributed by atoms with E-state index in [1.165, 1.54) is 0 Å². The van der Waals surface area contributed by atoms with E-state index in [0.717, 1.165) is 6.42 Å². The summed E-state index contributed by atoms with van der Waals surface area (Å²) in [6.45, 7) is 0. The topological polar surface area (TPSA) is 17.1 Å². The first-order valence-corrected chi connectivity index (χ1v) is 2.51. The van der Waals surface area contributed by atoms with Crippen molar-refractivity contribution in [3.8, 4) is 0 Å². The zero-order chi connectivity index (χ0) is 5.82. The van der Waals surface area contributed by atoms with Crippen molar-refractivity contribution in [2.24, 2.45) is 0 Å². The van der Waals surface area contributed by atoms with Gasteiger partial charge in [0.25, 0.3) is 0 Å². The molecular weight excluding hydrogens is 100 g/mol. The molecule has 0 aromatic rings. The minimum atomic E-state index is 0.635. The van der Waals surface area contributed by atoms with Crippen LogP contribution in [0.15, 0.2) is 29.9 Å². The Kier molecular flexibility index (Phi) is 1.45. The van der Waals surface area contributed by atoms with Crippen LogP contribution >= 0.6 is 0 Å². The van der Waals surface area contributed by atoms with E-state index in [2.05, 4.69) is 0 Å². The molecule has 0 saturated carbocycles. The fourth-order valence-electron chi connectivity index (χ4n) is 0.592. The predicted octanol–water partition coefficient (Wildman–Crippen LogP) is 1.26. The molecule has 0 aliphatic heterocycles. The lowest BCUT2D eigenvalue weighted by molar-refractivity contribution is 0.568. The maximum atomic E-state index is 9.90. The maximum Gasteiger partial charge on any atom is 0.132 e. The summed E-state index contributed by atoms with van der Waals surface area (Å²) in [5.41, 5.74) is 0.635. The van der Waals surface area contributed by atoms with E-state index in [1.807, 2.05) is 12.2 Å². The highest BCUT2D eigenvalue weighted by atomic mass is 16.1. The molecular formula is C7H6O. The zero-order valence-corrected chi connectivity index (χ0v) is 4.42. The van der Waals surface area contributed by atoms with Crippen LogP contribution in [0.5, 0.6) is 0 Å². The van der Waals surface area contributed by atoms with Crippen molar-refractivity contribution in [3.63, 3.8) is 0 Å². The summed E-state index contributed by atoms with van der Waals surface area (Å²) in [7, 11) is 0. The molecule has 0 saturated heterocycles. The minimum absolute atomic E-state index is 0.635. The molecule has 0 bridgehead atoms. The molecule has 0 aromatic carbocycles. The summed E-state index contributed by atoms with van der Waals surface area (Å²) in [4.78, 5) is 9.90. The Morgan fingerprint density at radius 1 is 1.38 bits per heavy atom. The summed E-state index contributed by atoms with van der Waals surface area (Å²) in [6.07, 6.45) is 8.34. The minimum Gasteiger partial charge on any atom is -0.233 e. The lowest BCUT2D eigenvalue weighted by Crippen LogP contribution is -1.76. The lowest BCUT2D eigenvalue weighted by atomic mass is 10.1. The smallest absolute Gasteiger partial charge is 0.132 e. The Morgan fingerprint density at radius 2 is 2.00 bits per heavy atom. The molecule has 0 fully saturated rings. The molecule has 0 amide bonds. The highest BCUT2D eigenvalue weighted by Gasteiger charge is 1.87. The largest absolute Gasteiger partial charge is 0.233 e. The third kappa shape index (κ3) is 0.955. The summed E-state index contributed by atoms with van der Waals surface area (Å²) < 4.78 is 0. The van der Waals surface area contributed by atoms with Gasteiger partial charge in [-0.15, -0.1) is 0 Å². The molecule has 0 atom stereocenters. The molecule has 1 rings (SSSR count). The SMILES string of the molecule is O=C=C1C=CCC=C1. The van der Waals surface area contributed by atoms with E-state index in [-0.39, 0.29) is 0 Å². The Balaban J connectivity index is 2.84. The van der Waals surface area contributed by atoms with Crippen molar-refractivity contribution in [2.45, 2.75) is 6.42 Å². The Hall–Kier alpha value is -1.07. The van der Waals surface area contributed by atoms with Crippen LogP contribution in [0, 0.1) is 0 Å². The lowest BCUT2D eigenvalue weighted by Gasteiger charge is -1.90. The highest BCUT2D eigenvalue weighted by molar-refractivity contribution is 5.62. The van der Waals surface area contributed by atoms with Crippen LogP contribution in [-0.2, 0) is 4.79 Å². The van der Waals surface area contributed by atoms with Crippen molar-refractivity contribution in [1.82, 2.24) is 0 Å². The number of hydrogen-bond acceptors (Lipinski definition) is 1. The molecule has 0 aromatic heterocycles. The van der Waals surface area contributed by atoms with E-state index in [0.29, 0.717) is 5.57 Å². The number of hydrogen-bond donors (Lipinski definition) is 0. The summed E-state index contributed by atoms with van der Waals surface area (Å²) in [5.74, 6) is 1.80. The normalized spacial score (nSPS) is 16.2. The highest BCUT2D eigenvalue weighted by Crippen LogP contribution is 2.02. The summed E-state index contributed by atoms with van der Waals surface area (Å²) in [5, 5.41) is 0. The van der Waals surface area contributed by atoms with Gasteiger partial charge in [-0.2, -0.15) is 0 Å². The first kappa shape index (κ1) is 5.07. The van der Waals surface area contributed by atoms with Crippen LogP contribution in [0.2, 0.25) is 0 Å². The van der Waals surface area contributed by atoms with Crippen molar-refractivity contribution >= 4 is 5.94 Å². The molecule has 0 spiro atoms. The fraction of sp³-hybridized carbons (Fsp3) is 0.143. The molecule has 0 radical (unpaired) electrons. The summed E-state index contributed by atoms with van der Waals surface area (Å²) in [6, 6.07) is 0. The molecule has 0 N–H and O–H groups in total. The first-order chi connectivity index (χ1) is 3.93. The van der Waals surface area contributed by atoms with Crippen molar-refractivity contribution in [3.05, 3.63) is 29.9 Å². The Bertz CT molecular complexity index is 167.